The van der Waals surface area contributed by atoms with E-state index in [1.807, 2.05) is 30.3 Å². The van der Waals surface area contributed by atoms with Crippen LogP contribution in [0.5, 0.6) is 0 Å². The summed E-state index contributed by atoms with van der Waals surface area (Å²) in [5, 5.41) is 8.79. The molecular formula is C16H25NO3. The van der Waals surface area contributed by atoms with Crippen molar-refractivity contribution in [3.8, 4) is 0 Å². The molecule has 4 nitrogen and oxygen atoms in total. The van der Waals surface area contributed by atoms with Crippen LogP contribution in [0, 0.1) is 11.8 Å². The van der Waals surface area contributed by atoms with E-state index in [9.17, 15) is 4.79 Å². The van der Waals surface area contributed by atoms with Gasteiger partial charge < -0.3 is 15.6 Å². The third-order valence-corrected chi connectivity index (χ3v) is 3.40. The molecule has 0 saturated heterocycles. The van der Waals surface area contributed by atoms with Crippen LogP contribution in [-0.4, -0.2) is 24.2 Å². The van der Waals surface area contributed by atoms with Crippen molar-refractivity contribution in [2.75, 3.05) is 13.2 Å². The van der Waals surface area contributed by atoms with Gasteiger partial charge in [0.2, 0.25) is 0 Å². The Morgan fingerprint density at radius 2 is 2.05 bits per heavy atom. The van der Waals surface area contributed by atoms with Gasteiger partial charge in [0.25, 0.3) is 0 Å². The minimum absolute atomic E-state index is 0.0663. The predicted molar refractivity (Wildman–Crippen MR) is 79.3 cm³/mol. The molecule has 1 rings (SSSR count). The lowest BCUT2D eigenvalue weighted by molar-refractivity contribution is -0.138. The number of carbonyl (C=O) groups is 1. The summed E-state index contributed by atoms with van der Waals surface area (Å²) in [6, 6.07) is 10.1. The minimum Gasteiger partial charge on any atom is -0.481 e. The van der Waals surface area contributed by atoms with Crippen LogP contribution in [-0.2, 0) is 16.1 Å². The number of hydrogen-bond acceptors (Lipinski definition) is 3. The number of benzene rings is 1. The smallest absolute Gasteiger partial charge is 0.303 e. The van der Waals surface area contributed by atoms with Crippen molar-refractivity contribution in [1.29, 1.82) is 0 Å². The average Bonchev–Trinajstić information content (AvgIpc) is 2.43. The third kappa shape index (κ3) is 7.26. The summed E-state index contributed by atoms with van der Waals surface area (Å²) in [6.07, 6.45) is 1.94. The van der Waals surface area contributed by atoms with Gasteiger partial charge in [-0.1, -0.05) is 37.3 Å². The molecule has 0 heterocycles. The van der Waals surface area contributed by atoms with Gasteiger partial charge in [-0.25, -0.2) is 0 Å². The van der Waals surface area contributed by atoms with Crippen LogP contribution in [0.1, 0.15) is 31.7 Å². The number of ether oxygens (including phenoxy) is 1. The summed E-state index contributed by atoms with van der Waals surface area (Å²) < 4.78 is 5.64. The first-order valence-corrected chi connectivity index (χ1v) is 7.15. The van der Waals surface area contributed by atoms with Crippen molar-refractivity contribution in [2.24, 2.45) is 17.6 Å². The fourth-order valence-electron chi connectivity index (χ4n) is 2.25. The largest absolute Gasteiger partial charge is 0.481 e. The molecule has 0 spiro atoms. The molecule has 0 amide bonds. The molecule has 112 valence electrons. The van der Waals surface area contributed by atoms with Gasteiger partial charge in [-0.05, 0) is 36.8 Å². The number of carboxylic acids is 1. The Kier molecular flexibility index (Phi) is 7.92. The van der Waals surface area contributed by atoms with Crippen LogP contribution in [0.4, 0.5) is 0 Å². The molecule has 3 N–H and O–H groups in total. The van der Waals surface area contributed by atoms with E-state index in [2.05, 4.69) is 6.92 Å². The summed E-state index contributed by atoms with van der Waals surface area (Å²) in [4.78, 5) is 10.7. The molecule has 0 radical (unpaired) electrons. The first-order valence-electron chi connectivity index (χ1n) is 7.15. The van der Waals surface area contributed by atoms with Gasteiger partial charge >= 0.3 is 5.97 Å². The predicted octanol–water partition coefficient (Wildman–Crippen LogP) is 2.67. The normalized spacial score (nSPS) is 13.9. The molecule has 0 unspecified atom stereocenters. The van der Waals surface area contributed by atoms with Crippen LogP contribution >= 0.6 is 0 Å². The fraction of sp³-hybridized carbons (Fsp3) is 0.562. The van der Waals surface area contributed by atoms with Gasteiger partial charge in [-0.3, -0.25) is 4.79 Å². The molecule has 2 atom stereocenters. The zero-order valence-electron chi connectivity index (χ0n) is 12.1. The van der Waals surface area contributed by atoms with Crippen molar-refractivity contribution in [3.05, 3.63) is 35.9 Å². The van der Waals surface area contributed by atoms with E-state index in [-0.39, 0.29) is 12.3 Å². The van der Waals surface area contributed by atoms with E-state index >= 15 is 0 Å². The highest BCUT2D eigenvalue weighted by Gasteiger charge is 2.15. The van der Waals surface area contributed by atoms with Crippen LogP contribution in [0.3, 0.4) is 0 Å². The molecule has 1 aromatic carbocycles. The summed E-state index contributed by atoms with van der Waals surface area (Å²) in [6.45, 7) is 3.88. The number of nitrogens with two attached hydrogens (primary N) is 1. The number of hydrogen-bond donors (Lipinski definition) is 2. The van der Waals surface area contributed by atoms with E-state index in [1.54, 1.807) is 0 Å². The van der Waals surface area contributed by atoms with Crippen LogP contribution in [0.25, 0.3) is 0 Å². The molecule has 4 heteroatoms. The second-order valence-electron chi connectivity index (χ2n) is 5.37. The summed E-state index contributed by atoms with van der Waals surface area (Å²) in [7, 11) is 0. The first kappa shape index (κ1) is 16.7. The van der Waals surface area contributed by atoms with Crippen molar-refractivity contribution < 1.29 is 14.6 Å². The lowest BCUT2D eigenvalue weighted by atomic mass is 9.91. The molecule has 0 aliphatic heterocycles. The van der Waals surface area contributed by atoms with Gasteiger partial charge in [0.15, 0.2) is 0 Å². The zero-order valence-corrected chi connectivity index (χ0v) is 12.1. The van der Waals surface area contributed by atoms with Gasteiger partial charge in [0.1, 0.15) is 0 Å². The van der Waals surface area contributed by atoms with Crippen LogP contribution in [0.2, 0.25) is 0 Å². The van der Waals surface area contributed by atoms with Gasteiger partial charge in [0, 0.05) is 13.0 Å². The zero-order chi connectivity index (χ0) is 14.8. The minimum atomic E-state index is -0.770. The summed E-state index contributed by atoms with van der Waals surface area (Å²) >= 11 is 0. The van der Waals surface area contributed by atoms with Gasteiger partial charge in [-0.15, -0.1) is 0 Å². The maximum atomic E-state index is 10.7. The lowest BCUT2D eigenvalue weighted by Gasteiger charge is -2.18. The maximum Gasteiger partial charge on any atom is 0.303 e. The quantitative estimate of drug-likeness (QED) is 0.646. The van der Waals surface area contributed by atoms with E-state index in [4.69, 9.17) is 15.6 Å². The third-order valence-electron chi connectivity index (χ3n) is 3.40. The molecule has 1 aromatic rings. The van der Waals surface area contributed by atoms with Crippen molar-refractivity contribution in [3.63, 3.8) is 0 Å². The number of carboxylic acid groups (broad SMARTS) is 1. The van der Waals surface area contributed by atoms with E-state index in [1.165, 1.54) is 5.56 Å². The molecule has 0 fully saturated rings. The summed E-state index contributed by atoms with van der Waals surface area (Å²) in [5.41, 5.74) is 6.78. The van der Waals surface area contributed by atoms with Crippen LogP contribution < -0.4 is 5.73 Å². The molecular weight excluding hydrogens is 254 g/mol. The lowest BCUT2D eigenvalue weighted by Crippen LogP contribution is -2.21. The highest BCUT2D eigenvalue weighted by molar-refractivity contribution is 5.67. The molecule has 0 aromatic heterocycles. The summed E-state index contributed by atoms with van der Waals surface area (Å²) in [5.74, 6) is -0.275. The Balaban J connectivity index is 2.16. The van der Waals surface area contributed by atoms with Crippen molar-refractivity contribution >= 4 is 5.97 Å². The fourth-order valence-corrected chi connectivity index (χ4v) is 2.25. The molecule has 0 aliphatic carbocycles. The molecule has 0 bridgehead atoms. The van der Waals surface area contributed by atoms with Gasteiger partial charge in [0.05, 0.1) is 6.61 Å². The van der Waals surface area contributed by atoms with Crippen molar-refractivity contribution in [1.82, 2.24) is 0 Å². The average molecular weight is 279 g/mol. The Morgan fingerprint density at radius 3 is 2.65 bits per heavy atom. The molecule has 0 aliphatic rings. The monoisotopic (exact) mass is 279 g/mol. The first-order chi connectivity index (χ1) is 9.61. The second-order valence-corrected chi connectivity index (χ2v) is 5.37. The highest BCUT2D eigenvalue weighted by atomic mass is 16.5. The molecule has 0 saturated carbocycles. The second kappa shape index (κ2) is 9.50. The van der Waals surface area contributed by atoms with Crippen LogP contribution in [0.15, 0.2) is 30.3 Å². The Hall–Kier alpha value is -1.39. The Morgan fingerprint density at radius 1 is 1.35 bits per heavy atom. The SMILES string of the molecule is C[C@H](CCOCc1ccccc1)C[C@H](CN)CC(=O)O. The Bertz CT molecular complexity index is 381. The van der Waals surface area contributed by atoms with E-state index in [0.717, 1.165) is 12.8 Å². The standard InChI is InChI=1S/C16H25NO3/c1-13(9-15(11-17)10-16(18)19)7-8-20-12-14-5-3-2-4-6-14/h2-6,13,15H,7-12,17H2,1H3,(H,18,19)/t13-,15+/m1/s1. The molecule has 20 heavy (non-hydrogen) atoms. The maximum absolute atomic E-state index is 10.7. The van der Waals surface area contributed by atoms with E-state index in [0.29, 0.717) is 25.7 Å². The van der Waals surface area contributed by atoms with Gasteiger partial charge in [-0.2, -0.15) is 0 Å². The Labute approximate surface area is 120 Å². The highest BCUT2D eigenvalue weighted by Crippen LogP contribution is 2.18. The van der Waals surface area contributed by atoms with Crippen molar-refractivity contribution in [2.45, 2.75) is 32.8 Å². The topological polar surface area (TPSA) is 72.5 Å². The number of rotatable bonds is 10. The van der Waals surface area contributed by atoms with E-state index < -0.39 is 5.97 Å². The number of aliphatic carboxylic acids is 1.